The van der Waals surface area contributed by atoms with E-state index in [-0.39, 0.29) is 5.78 Å². The SMILES string of the molecule is C=C(CC)COc1ccc(CCC(C)=O)cc1. The molecule has 1 aromatic rings. The topological polar surface area (TPSA) is 26.3 Å². The molecule has 2 nitrogen and oxygen atoms in total. The van der Waals surface area contributed by atoms with Crippen molar-refractivity contribution in [2.75, 3.05) is 6.61 Å². The quantitative estimate of drug-likeness (QED) is 0.672. The van der Waals surface area contributed by atoms with Gasteiger partial charge < -0.3 is 9.53 Å². The number of ether oxygens (including phenoxy) is 1. The average Bonchev–Trinajstić information content (AvgIpc) is 2.34. The molecule has 0 spiro atoms. The fourth-order valence-electron chi connectivity index (χ4n) is 1.36. The van der Waals surface area contributed by atoms with Crippen LogP contribution in [0.3, 0.4) is 0 Å². The van der Waals surface area contributed by atoms with E-state index in [0.29, 0.717) is 13.0 Å². The molecule has 2 heteroatoms. The van der Waals surface area contributed by atoms with E-state index in [1.54, 1.807) is 6.92 Å². The fraction of sp³-hybridized carbons (Fsp3) is 0.400. The molecule has 0 N–H and O–H groups in total. The van der Waals surface area contributed by atoms with Crippen molar-refractivity contribution in [2.45, 2.75) is 33.1 Å². The molecule has 17 heavy (non-hydrogen) atoms. The smallest absolute Gasteiger partial charge is 0.130 e. The summed E-state index contributed by atoms with van der Waals surface area (Å²) in [5.74, 6) is 1.08. The van der Waals surface area contributed by atoms with Crippen molar-refractivity contribution in [3.8, 4) is 5.75 Å². The Labute approximate surface area is 103 Å². The van der Waals surface area contributed by atoms with Crippen LogP contribution in [-0.2, 0) is 11.2 Å². The van der Waals surface area contributed by atoms with Crippen LogP contribution in [0.15, 0.2) is 36.4 Å². The first-order valence-corrected chi connectivity index (χ1v) is 5.99. The maximum atomic E-state index is 10.9. The molecule has 0 unspecified atom stereocenters. The van der Waals surface area contributed by atoms with Crippen molar-refractivity contribution in [3.63, 3.8) is 0 Å². The number of ketones is 1. The van der Waals surface area contributed by atoms with E-state index in [9.17, 15) is 4.79 Å². The Balaban J connectivity index is 2.44. The van der Waals surface area contributed by atoms with E-state index in [2.05, 4.69) is 13.5 Å². The number of Topliss-reactive ketones (excluding diaryl/α,β-unsaturated/α-hetero) is 1. The number of rotatable bonds is 7. The average molecular weight is 232 g/mol. The van der Waals surface area contributed by atoms with E-state index in [1.165, 1.54) is 5.56 Å². The Morgan fingerprint density at radius 1 is 1.29 bits per heavy atom. The minimum atomic E-state index is 0.226. The van der Waals surface area contributed by atoms with E-state index < -0.39 is 0 Å². The maximum Gasteiger partial charge on any atom is 0.130 e. The summed E-state index contributed by atoms with van der Waals surface area (Å²) in [4.78, 5) is 10.9. The second kappa shape index (κ2) is 6.89. The Morgan fingerprint density at radius 3 is 2.47 bits per heavy atom. The van der Waals surface area contributed by atoms with Crippen molar-refractivity contribution in [1.29, 1.82) is 0 Å². The highest BCUT2D eigenvalue weighted by Crippen LogP contribution is 2.14. The molecular formula is C15H20O2. The molecule has 0 saturated carbocycles. The summed E-state index contributed by atoms with van der Waals surface area (Å²) in [5.41, 5.74) is 2.26. The Bertz CT molecular complexity index is 376. The van der Waals surface area contributed by atoms with E-state index in [4.69, 9.17) is 4.74 Å². The number of hydrogen-bond acceptors (Lipinski definition) is 2. The van der Waals surface area contributed by atoms with Gasteiger partial charge in [0.25, 0.3) is 0 Å². The molecule has 0 fully saturated rings. The van der Waals surface area contributed by atoms with Crippen molar-refractivity contribution < 1.29 is 9.53 Å². The minimum Gasteiger partial charge on any atom is -0.489 e. The van der Waals surface area contributed by atoms with Crippen molar-refractivity contribution >= 4 is 5.78 Å². The number of carbonyl (C=O) groups excluding carboxylic acids is 1. The second-order valence-electron chi connectivity index (χ2n) is 4.24. The molecule has 0 aliphatic rings. The van der Waals surface area contributed by atoms with Gasteiger partial charge in [-0.05, 0) is 43.0 Å². The molecule has 1 aromatic carbocycles. The maximum absolute atomic E-state index is 10.9. The van der Waals surface area contributed by atoms with Crippen LogP contribution in [-0.4, -0.2) is 12.4 Å². The highest BCUT2D eigenvalue weighted by atomic mass is 16.5. The summed E-state index contributed by atoms with van der Waals surface area (Å²) in [7, 11) is 0. The summed E-state index contributed by atoms with van der Waals surface area (Å²) in [6.07, 6.45) is 2.35. The lowest BCUT2D eigenvalue weighted by Crippen LogP contribution is -1.99. The third-order valence-corrected chi connectivity index (χ3v) is 2.63. The number of benzene rings is 1. The van der Waals surface area contributed by atoms with Gasteiger partial charge in [-0.25, -0.2) is 0 Å². The van der Waals surface area contributed by atoms with Gasteiger partial charge in [0.1, 0.15) is 18.1 Å². The Hall–Kier alpha value is -1.57. The molecular weight excluding hydrogens is 212 g/mol. The molecule has 0 amide bonds. The number of carbonyl (C=O) groups is 1. The third-order valence-electron chi connectivity index (χ3n) is 2.63. The predicted octanol–water partition coefficient (Wildman–Crippen LogP) is 3.55. The molecule has 0 saturated heterocycles. The molecule has 0 heterocycles. The van der Waals surface area contributed by atoms with Crippen molar-refractivity contribution in [2.24, 2.45) is 0 Å². The number of aryl methyl sites for hydroxylation is 1. The first-order chi connectivity index (χ1) is 8.11. The Morgan fingerprint density at radius 2 is 1.94 bits per heavy atom. The van der Waals surface area contributed by atoms with Crippen LogP contribution >= 0.6 is 0 Å². The lowest BCUT2D eigenvalue weighted by atomic mass is 10.1. The summed E-state index contributed by atoms with van der Waals surface area (Å²) >= 11 is 0. The van der Waals surface area contributed by atoms with E-state index in [1.807, 2.05) is 24.3 Å². The van der Waals surface area contributed by atoms with Crippen LogP contribution in [0.4, 0.5) is 0 Å². The summed E-state index contributed by atoms with van der Waals surface area (Å²) < 4.78 is 5.57. The molecule has 0 aliphatic heterocycles. The molecule has 0 radical (unpaired) electrons. The van der Waals surface area contributed by atoms with Gasteiger partial charge in [0.15, 0.2) is 0 Å². The zero-order chi connectivity index (χ0) is 12.7. The van der Waals surface area contributed by atoms with Gasteiger partial charge in [0.05, 0.1) is 0 Å². The van der Waals surface area contributed by atoms with Gasteiger partial charge in [-0.1, -0.05) is 25.6 Å². The van der Waals surface area contributed by atoms with Crippen LogP contribution < -0.4 is 4.74 Å². The minimum absolute atomic E-state index is 0.226. The zero-order valence-electron chi connectivity index (χ0n) is 10.7. The van der Waals surface area contributed by atoms with Gasteiger partial charge in [-0.15, -0.1) is 0 Å². The first-order valence-electron chi connectivity index (χ1n) is 5.99. The lowest BCUT2D eigenvalue weighted by molar-refractivity contribution is -0.116. The monoisotopic (exact) mass is 232 g/mol. The standard InChI is InChI=1S/C15H20O2/c1-4-12(2)11-17-15-9-7-14(8-10-15)6-5-13(3)16/h7-10H,2,4-6,11H2,1,3H3. The molecule has 0 aliphatic carbocycles. The van der Waals surface area contributed by atoms with Gasteiger partial charge in [0.2, 0.25) is 0 Å². The van der Waals surface area contributed by atoms with Gasteiger partial charge in [-0.3, -0.25) is 0 Å². The predicted molar refractivity (Wildman–Crippen MR) is 70.4 cm³/mol. The Kier molecular flexibility index (Phi) is 5.47. The highest BCUT2D eigenvalue weighted by molar-refractivity contribution is 5.75. The fourth-order valence-corrected chi connectivity index (χ4v) is 1.36. The van der Waals surface area contributed by atoms with Crippen LogP contribution in [0.25, 0.3) is 0 Å². The lowest BCUT2D eigenvalue weighted by Gasteiger charge is -2.07. The summed E-state index contributed by atoms with van der Waals surface area (Å²) in [6.45, 7) is 8.15. The third kappa shape index (κ3) is 5.34. The van der Waals surface area contributed by atoms with Gasteiger partial charge in [-0.2, -0.15) is 0 Å². The normalized spacial score (nSPS) is 10.0. The zero-order valence-corrected chi connectivity index (χ0v) is 10.7. The van der Waals surface area contributed by atoms with Crippen molar-refractivity contribution in [1.82, 2.24) is 0 Å². The highest BCUT2D eigenvalue weighted by Gasteiger charge is 1.99. The molecule has 92 valence electrons. The first kappa shape index (κ1) is 13.5. The second-order valence-corrected chi connectivity index (χ2v) is 4.24. The summed E-state index contributed by atoms with van der Waals surface area (Å²) in [5, 5.41) is 0. The van der Waals surface area contributed by atoms with Crippen LogP contribution in [0.5, 0.6) is 5.75 Å². The van der Waals surface area contributed by atoms with E-state index in [0.717, 1.165) is 24.2 Å². The van der Waals surface area contributed by atoms with Crippen LogP contribution in [0.2, 0.25) is 0 Å². The molecule has 0 aromatic heterocycles. The number of hydrogen-bond donors (Lipinski definition) is 0. The van der Waals surface area contributed by atoms with Gasteiger partial charge in [0, 0.05) is 6.42 Å². The van der Waals surface area contributed by atoms with Crippen LogP contribution in [0.1, 0.15) is 32.3 Å². The largest absolute Gasteiger partial charge is 0.489 e. The van der Waals surface area contributed by atoms with Gasteiger partial charge >= 0.3 is 0 Å². The molecule has 0 bridgehead atoms. The van der Waals surface area contributed by atoms with Crippen LogP contribution in [0, 0.1) is 0 Å². The van der Waals surface area contributed by atoms with E-state index >= 15 is 0 Å². The molecule has 0 atom stereocenters. The summed E-state index contributed by atoms with van der Waals surface area (Å²) in [6, 6.07) is 7.90. The van der Waals surface area contributed by atoms with Crippen molar-refractivity contribution in [3.05, 3.63) is 42.0 Å². The molecule has 1 rings (SSSR count).